The lowest BCUT2D eigenvalue weighted by atomic mass is 10.1. The van der Waals surface area contributed by atoms with E-state index in [1.165, 1.54) is 4.90 Å². The minimum atomic E-state index is -0.283. The van der Waals surface area contributed by atoms with Crippen LogP contribution in [0.1, 0.15) is 32.0 Å². The maximum Gasteiger partial charge on any atom is 0.266 e. The minimum Gasteiger partial charge on any atom is -0.268 e. The van der Waals surface area contributed by atoms with Gasteiger partial charge in [0.15, 0.2) is 0 Å². The molecule has 4 rings (SSSR count). The highest BCUT2D eigenvalue weighted by Gasteiger charge is 2.38. The Labute approximate surface area is 133 Å². The summed E-state index contributed by atoms with van der Waals surface area (Å²) >= 11 is 0. The van der Waals surface area contributed by atoms with Gasteiger partial charge in [-0.15, -0.1) is 0 Å². The first-order valence-electron chi connectivity index (χ1n) is 7.43. The van der Waals surface area contributed by atoms with Crippen LogP contribution in [-0.4, -0.2) is 16.8 Å². The van der Waals surface area contributed by atoms with E-state index >= 15 is 0 Å². The minimum absolute atomic E-state index is 0.283. The standard InChI is InChI=1S/C19H14N2O2/c1-11-13-7-5-6-10-16(13)20-12(2)17(11)21-18(22)14-8-3-4-9-15(14)19(21)23/h3-10H,1-2H3. The summed E-state index contributed by atoms with van der Waals surface area (Å²) < 4.78 is 0. The molecule has 1 aliphatic rings. The summed E-state index contributed by atoms with van der Waals surface area (Å²) in [7, 11) is 0. The molecule has 0 N–H and O–H groups in total. The van der Waals surface area contributed by atoms with Crippen LogP contribution in [0, 0.1) is 13.8 Å². The van der Waals surface area contributed by atoms with Crippen molar-refractivity contribution in [2.24, 2.45) is 0 Å². The van der Waals surface area contributed by atoms with Gasteiger partial charge in [-0.1, -0.05) is 30.3 Å². The molecule has 0 unspecified atom stereocenters. The normalized spacial score (nSPS) is 13.7. The van der Waals surface area contributed by atoms with Crippen LogP contribution in [0.5, 0.6) is 0 Å². The SMILES string of the molecule is Cc1nc2ccccc2c(C)c1N1C(=O)c2ccccc2C1=O. The number of pyridine rings is 1. The van der Waals surface area contributed by atoms with Gasteiger partial charge < -0.3 is 0 Å². The number of amides is 2. The molecule has 1 aliphatic heterocycles. The number of benzene rings is 2. The molecular weight excluding hydrogens is 288 g/mol. The van der Waals surface area contributed by atoms with E-state index in [0.717, 1.165) is 16.5 Å². The summed E-state index contributed by atoms with van der Waals surface area (Å²) in [5.41, 5.74) is 3.92. The monoisotopic (exact) mass is 302 g/mol. The van der Waals surface area contributed by atoms with Crippen molar-refractivity contribution in [2.45, 2.75) is 13.8 Å². The van der Waals surface area contributed by atoms with E-state index in [9.17, 15) is 9.59 Å². The summed E-state index contributed by atoms with van der Waals surface area (Å²) in [6, 6.07) is 14.7. The van der Waals surface area contributed by atoms with Crippen LogP contribution >= 0.6 is 0 Å². The molecule has 0 atom stereocenters. The largest absolute Gasteiger partial charge is 0.268 e. The Morgan fingerprint density at radius 3 is 2.04 bits per heavy atom. The molecule has 112 valence electrons. The Kier molecular flexibility index (Phi) is 2.81. The van der Waals surface area contributed by atoms with Crippen LogP contribution in [0.2, 0.25) is 0 Å². The molecule has 2 amide bonds. The zero-order valence-corrected chi connectivity index (χ0v) is 12.8. The number of carbonyl (C=O) groups excluding carboxylic acids is 2. The van der Waals surface area contributed by atoms with E-state index < -0.39 is 0 Å². The van der Waals surface area contributed by atoms with E-state index in [1.807, 2.05) is 38.1 Å². The van der Waals surface area contributed by atoms with Crippen molar-refractivity contribution in [1.82, 2.24) is 4.98 Å². The van der Waals surface area contributed by atoms with Crippen molar-refractivity contribution in [3.05, 3.63) is 70.9 Å². The van der Waals surface area contributed by atoms with E-state index in [-0.39, 0.29) is 11.8 Å². The Morgan fingerprint density at radius 1 is 0.826 bits per heavy atom. The number of fused-ring (bicyclic) bond motifs is 2. The predicted octanol–water partition coefficient (Wildman–Crippen LogP) is 3.65. The molecule has 2 heterocycles. The Hall–Kier alpha value is -3.01. The van der Waals surface area contributed by atoms with Crippen LogP contribution in [0.15, 0.2) is 48.5 Å². The van der Waals surface area contributed by atoms with E-state index in [2.05, 4.69) is 4.98 Å². The fourth-order valence-corrected chi connectivity index (χ4v) is 3.24. The molecule has 0 fully saturated rings. The maximum absolute atomic E-state index is 12.7. The molecule has 1 aromatic heterocycles. The number of anilines is 1. The molecule has 0 saturated carbocycles. The molecule has 4 nitrogen and oxygen atoms in total. The van der Waals surface area contributed by atoms with Gasteiger partial charge in [-0.2, -0.15) is 0 Å². The average molecular weight is 302 g/mol. The number of para-hydroxylation sites is 1. The van der Waals surface area contributed by atoms with Crippen LogP contribution in [-0.2, 0) is 0 Å². The first-order chi connectivity index (χ1) is 11.1. The second kappa shape index (κ2) is 4.74. The highest BCUT2D eigenvalue weighted by molar-refractivity contribution is 6.35. The molecule has 0 aliphatic carbocycles. The highest BCUT2D eigenvalue weighted by Crippen LogP contribution is 2.35. The molecule has 0 spiro atoms. The lowest BCUT2D eigenvalue weighted by molar-refractivity contribution is 0.0925. The van der Waals surface area contributed by atoms with Crippen LogP contribution in [0.3, 0.4) is 0 Å². The van der Waals surface area contributed by atoms with Crippen LogP contribution in [0.4, 0.5) is 5.69 Å². The second-order valence-electron chi connectivity index (χ2n) is 5.68. The fourth-order valence-electron chi connectivity index (χ4n) is 3.24. The first-order valence-corrected chi connectivity index (χ1v) is 7.43. The highest BCUT2D eigenvalue weighted by atomic mass is 16.2. The molecular formula is C19H14N2O2. The lowest BCUT2D eigenvalue weighted by Crippen LogP contribution is -2.31. The zero-order valence-electron chi connectivity index (χ0n) is 12.8. The van der Waals surface area contributed by atoms with Gasteiger partial charge in [-0.3, -0.25) is 14.6 Å². The van der Waals surface area contributed by atoms with Gasteiger partial charge in [0.1, 0.15) is 0 Å². The number of imide groups is 1. The number of rotatable bonds is 1. The summed E-state index contributed by atoms with van der Waals surface area (Å²) in [5, 5.41) is 0.949. The molecule has 0 radical (unpaired) electrons. The summed E-state index contributed by atoms with van der Waals surface area (Å²) in [6.07, 6.45) is 0. The molecule has 4 heteroatoms. The number of hydrogen-bond acceptors (Lipinski definition) is 3. The predicted molar refractivity (Wildman–Crippen MR) is 88.8 cm³/mol. The van der Waals surface area contributed by atoms with E-state index in [0.29, 0.717) is 22.5 Å². The smallest absolute Gasteiger partial charge is 0.266 e. The number of nitrogens with zero attached hydrogens (tertiary/aromatic N) is 2. The van der Waals surface area contributed by atoms with E-state index in [1.54, 1.807) is 24.3 Å². The average Bonchev–Trinajstić information content (AvgIpc) is 2.81. The van der Waals surface area contributed by atoms with Gasteiger partial charge in [0, 0.05) is 5.39 Å². The van der Waals surface area contributed by atoms with Gasteiger partial charge in [-0.25, -0.2) is 4.90 Å². The van der Waals surface area contributed by atoms with Gasteiger partial charge in [0.25, 0.3) is 11.8 Å². The Morgan fingerprint density at radius 2 is 1.39 bits per heavy atom. The van der Waals surface area contributed by atoms with Gasteiger partial charge in [-0.05, 0) is 37.6 Å². The topological polar surface area (TPSA) is 50.3 Å². The molecule has 2 aromatic carbocycles. The third kappa shape index (κ3) is 1.81. The van der Waals surface area contributed by atoms with Crippen molar-refractivity contribution in [1.29, 1.82) is 0 Å². The van der Waals surface area contributed by atoms with Crippen molar-refractivity contribution >= 4 is 28.4 Å². The van der Waals surface area contributed by atoms with Gasteiger partial charge >= 0.3 is 0 Å². The molecule has 0 saturated heterocycles. The quantitative estimate of drug-likeness (QED) is 0.645. The Balaban J connectivity index is 1.98. The number of hydrogen-bond donors (Lipinski definition) is 0. The van der Waals surface area contributed by atoms with Crippen LogP contribution < -0.4 is 4.90 Å². The van der Waals surface area contributed by atoms with Crippen molar-refractivity contribution in [3.63, 3.8) is 0 Å². The third-order valence-corrected chi connectivity index (χ3v) is 4.31. The summed E-state index contributed by atoms with van der Waals surface area (Å²) in [6.45, 7) is 3.76. The lowest BCUT2D eigenvalue weighted by Gasteiger charge is -2.20. The fraction of sp³-hybridized carbons (Fsp3) is 0.105. The van der Waals surface area contributed by atoms with Crippen molar-refractivity contribution in [3.8, 4) is 0 Å². The third-order valence-electron chi connectivity index (χ3n) is 4.31. The van der Waals surface area contributed by atoms with Crippen LogP contribution in [0.25, 0.3) is 10.9 Å². The second-order valence-corrected chi connectivity index (χ2v) is 5.68. The summed E-state index contributed by atoms with van der Waals surface area (Å²) in [5.74, 6) is -0.567. The van der Waals surface area contributed by atoms with Crippen molar-refractivity contribution < 1.29 is 9.59 Å². The van der Waals surface area contributed by atoms with Crippen molar-refractivity contribution in [2.75, 3.05) is 4.90 Å². The number of aryl methyl sites for hydroxylation is 2. The molecule has 3 aromatic rings. The van der Waals surface area contributed by atoms with Gasteiger partial charge in [0.2, 0.25) is 0 Å². The zero-order chi connectivity index (χ0) is 16.1. The molecule has 0 bridgehead atoms. The summed E-state index contributed by atoms with van der Waals surface area (Å²) in [4.78, 5) is 31.3. The Bertz CT molecular complexity index is 957. The molecule has 23 heavy (non-hydrogen) atoms. The van der Waals surface area contributed by atoms with Gasteiger partial charge in [0.05, 0.1) is 28.0 Å². The number of aromatic nitrogens is 1. The number of carbonyl (C=O) groups is 2. The van der Waals surface area contributed by atoms with E-state index in [4.69, 9.17) is 0 Å². The first kappa shape index (κ1) is 13.6. The maximum atomic E-state index is 12.7.